The number of hydrogen-bond acceptors (Lipinski definition) is 5. The number of ether oxygens (including phenoxy) is 1. The van der Waals surface area contributed by atoms with Crippen LogP contribution in [0.3, 0.4) is 0 Å². The summed E-state index contributed by atoms with van der Waals surface area (Å²) in [5.74, 6) is -3.09. The zero-order valence-electron chi connectivity index (χ0n) is 18.6. The summed E-state index contributed by atoms with van der Waals surface area (Å²) in [5, 5.41) is 4.84. The number of benzene rings is 2. The van der Waals surface area contributed by atoms with E-state index in [1.54, 1.807) is 42.8 Å². The highest BCUT2D eigenvalue weighted by Crippen LogP contribution is 2.51. The molecule has 0 aliphatic carbocycles. The number of nitrogens with one attached hydrogen (secondary N) is 1. The van der Waals surface area contributed by atoms with Gasteiger partial charge in [-0.05, 0) is 42.3 Å². The molecule has 3 aliphatic rings. The van der Waals surface area contributed by atoms with Gasteiger partial charge in [0.1, 0.15) is 23.6 Å². The van der Waals surface area contributed by atoms with Crippen LogP contribution in [0.25, 0.3) is 0 Å². The smallest absolute Gasteiger partial charge is 0.291 e. The van der Waals surface area contributed by atoms with E-state index in [-0.39, 0.29) is 13.0 Å². The number of aryl methyl sites for hydroxylation is 1. The molecule has 3 aliphatic heterocycles. The summed E-state index contributed by atoms with van der Waals surface area (Å²) in [6, 6.07) is 9.92. The fourth-order valence-corrected chi connectivity index (χ4v) is 6.02. The van der Waals surface area contributed by atoms with Gasteiger partial charge in [0.25, 0.3) is 5.91 Å². The Bertz CT molecular complexity index is 1250. The van der Waals surface area contributed by atoms with Crippen molar-refractivity contribution in [2.45, 2.75) is 31.5 Å². The first-order chi connectivity index (χ1) is 16.2. The number of likely N-dealkylation sites (tertiary alicyclic amines) is 1. The lowest BCUT2D eigenvalue weighted by molar-refractivity contribution is -0.732. The number of carbonyl (C=O) groups excluding carboxylic acids is 4. The zero-order chi connectivity index (χ0) is 24.4. The summed E-state index contributed by atoms with van der Waals surface area (Å²) in [5.41, 5.74) is 6.61. The van der Waals surface area contributed by atoms with Crippen molar-refractivity contribution in [1.82, 2.24) is 4.90 Å². The van der Waals surface area contributed by atoms with Gasteiger partial charge in [0, 0.05) is 5.56 Å². The van der Waals surface area contributed by atoms with Crippen molar-refractivity contribution in [2.75, 3.05) is 12.4 Å². The van der Waals surface area contributed by atoms with E-state index >= 15 is 0 Å². The van der Waals surface area contributed by atoms with Crippen LogP contribution in [0.15, 0.2) is 36.4 Å². The highest BCUT2D eigenvalue weighted by molar-refractivity contribution is 6.35. The first-order valence-electron chi connectivity index (χ1n) is 10.9. The minimum atomic E-state index is -1.41. The van der Waals surface area contributed by atoms with Crippen molar-refractivity contribution in [3.05, 3.63) is 58.1 Å². The van der Waals surface area contributed by atoms with E-state index in [9.17, 15) is 19.2 Å². The van der Waals surface area contributed by atoms with Crippen LogP contribution in [-0.2, 0) is 31.3 Å². The van der Waals surface area contributed by atoms with E-state index in [4.69, 9.17) is 22.1 Å². The van der Waals surface area contributed by atoms with Crippen molar-refractivity contribution in [2.24, 2.45) is 17.6 Å². The molecule has 0 aromatic heterocycles. The molecule has 34 heavy (non-hydrogen) atoms. The molecule has 0 unspecified atom stereocenters. The van der Waals surface area contributed by atoms with Crippen molar-refractivity contribution < 1.29 is 29.2 Å². The number of fused-ring (bicyclic) bond motifs is 4. The number of nitrogens with two attached hydrogens (primary N) is 2. The molecule has 4 amide bonds. The number of amides is 4. The van der Waals surface area contributed by atoms with E-state index < -0.39 is 47.0 Å². The molecule has 5 N–H and O–H groups in total. The number of imide groups is 1. The van der Waals surface area contributed by atoms with Gasteiger partial charge < -0.3 is 21.1 Å². The van der Waals surface area contributed by atoms with E-state index in [0.29, 0.717) is 22.0 Å². The quantitative estimate of drug-likeness (QED) is 0.530. The Labute approximate surface area is 200 Å². The van der Waals surface area contributed by atoms with Gasteiger partial charge in [0.05, 0.1) is 30.8 Å². The Kier molecular flexibility index (Phi) is 5.14. The van der Waals surface area contributed by atoms with Gasteiger partial charge in [0.15, 0.2) is 0 Å². The molecule has 176 valence electrons. The highest BCUT2D eigenvalue weighted by atomic mass is 35.5. The van der Waals surface area contributed by atoms with E-state index in [2.05, 4.69) is 5.32 Å². The SMILES string of the molecule is COc1ccc(CN2C(=O)[C@@H]3[C@H](CC(N)=O)[NH2+][C@]4(C(=O)Nc5c(Cl)cc(C)cc54)[C@@H]3C2=O)cc1. The number of rotatable bonds is 5. The average molecular weight is 484 g/mol. The fraction of sp³-hybridized carbons (Fsp3) is 0.333. The lowest BCUT2D eigenvalue weighted by atomic mass is 9.76. The number of primary amides is 1. The second-order valence-corrected chi connectivity index (χ2v) is 9.51. The molecule has 3 heterocycles. The lowest BCUT2D eigenvalue weighted by Gasteiger charge is -2.26. The van der Waals surface area contributed by atoms with Gasteiger partial charge in [-0.15, -0.1) is 0 Å². The summed E-state index contributed by atoms with van der Waals surface area (Å²) in [4.78, 5) is 53.8. The Morgan fingerprint density at radius 1 is 1.21 bits per heavy atom. The van der Waals surface area contributed by atoms with Crippen molar-refractivity contribution in [3.63, 3.8) is 0 Å². The number of anilines is 1. The molecule has 0 bridgehead atoms. The summed E-state index contributed by atoms with van der Waals surface area (Å²) < 4.78 is 5.17. The molecule has 5 rings (SSSR count). The standard InChI is InChI=1S/C24H23ClN4O5/c1-11-7-14-20(15(25)8-11)27-23(33)24(14)19-18(16(28-24)9-17(26)30)21(31)29(22(19)32)10-12-3-5-13(34-2)6-4-12/h3-8,16,18-19,28H,9-10H2,1-2H3,(H2,26,30)(H,27,33)/p+1/t16-,18+,19-,24-/m0/s1. The third-order valence-corrected chi connectivity index (χ3v) is 7.40. The highest BCUT2D eigenvalue weighted by Gasteiger charge is 2.74. The molecule has 2 fully saturated rings. The monoisotopic (exact) mass is 483 g/mol. The second kappa shape index (κ2) is 7.82. The molecule has 9 nitrogen and oxygen atoms in total. The first-order valence-corrected chi connectivity index (χ1v) is 11.3. The normalized spacial score (nSPS) is 27.2. The largest absolute Gasteiger partial charge is 0.497 e. The minimum Gasteiger partial charge on any atom is -0.497 e. The first kappa shape index (κ1) is 22.4. The Hall–Kier alpha value is -3.43. The Morgan fingerprint density at radius 2 is 1.91 bits per heavy atom. The molecular formula is C24H24ClN4O5+. The maximum atomic E-state index is 13.8. The second-order valence-electron chi connectivity index (χ2n) is 9.11. The predicted octanol–water partition coefficient (Wildman–Crippen LogP) is 0.427. The van der Waals surface area contributed by atoms with Crippen LogP contribution in [0.4, 0.5) is 5.69 Å². The van der Waals surface area contributed by atoms with Gasteiger partial charge >= 0.3 is 0 Å². The van der Waals surface area contributed by atoms with Crippen molar-refractivity contribution >= 4 is 40.9 Å². The summed E-state index contributed by atoms with van der Waals surface area (Å²) in [6.45, 7) is 1.89. The van der Waals surface area contributed by atoms with E-state index in [0.717, 1.165) is 11.1 Å². The number of halogens is 1. The van der Waals surface area contributed by atoms with Gasteiger partial charge in [-0.3, -0.25) is 24.1 Å². The molecule has 1 spiro atoms. The molecule has 10 heteroatoms. The van der Waals surface area contributed by atoms with Crippen molar-refractivity contribution in [3.8, 4) is 5.75 Å². The van der Waals surface area contributed by atoms with Gasteiger partial charge in [-0.1, -0.05) is 23.7 Å². The Morgan fingerprint density at radius 3 is 2.56 bits per heavy atom. The zero-order valence-corrected chi connectivity index (χ0v) is 19.4. The lowest BCUT2D eigenvalue weighted by Crippen LogP contribution is -2.99. The topological polar surface area (TPSA) is 135 Å². The fourth-order valence-electron chi connectivity index (χ4n) is 5.70. The third-order valence-electron chi connectivity index (χ3n) is 7.10. The van der Waals surface area contributed by atoms with Crippen LogP contribution >= 0.6 is 11.6 Å². The average Bonchev–Trinajstić information content (AvgIpc) is 3.35. The predicted molar refractivity (Wildman–Crippen MR) is 122 cm³/mol. The van der Waals surface area contributed by atoms with Crippen LogP contribution in [0.5, 0.6) is 5.75 Å². The number of hydrogen-bond donors (Lipinski definition) is 3. The molecule has 4 atom stereocenters. The summed E-state index contributed by atoms with van der Waals surface area (Å²) in [7, 11) is 1.55. The summed E-state index contributed by atoms with van der Waals surface area (Å²) >= 11 is 6.42. The molecule has 2 saturated heterocycles. The number of quaternary nitrogens is 1. The number of methoxy groups -OCH3 is 1. The van der Waals surface area contributed by atoms with Gasteiger partial charge in [-0.2, -0.15) is 0 Å². The van der Waals surface area contributed by atoms with Crippen LogP contribution < -0.4 is 21.1 Å². The molecule has 0 saturated carbocycles. The third kappa shape index (κ3) is 3.11. The van der Waals surface area contributed by atoms with Gasteiger partial charge in [-0.25, -0.2) is 0 Å². The van der Waals surface area contributed by atoms with Crippen LogP contribution in [0.1, 0.15) is 23.1 Å². The van der Waals surface area contributed by atoms with Crippen LogP contribution in [-0.4, -0.2) is 41.7 Å². The number of nitrogens with zero attached hydrogens (tertiary/aromatic N) is 1. The summed E-state index contributed by atoms with van der Waals surface area (Å²) in [6.07, 6.45) is -0.138. The maximum absolute atomic E-state index is 13.8. The molecule has 2 aromatic rings. The molecular weight excluding hydrogens is 460 g/mol. The maximum Gasteiger partial charge on any atom is 0.291 e. The molecule has 0 radical (unpaired) electrons. The van der Waals surface area contributed by atoms with E-state index in [1.165, 1.54) is 4.90 Å². The van der Waals surface area contributed by atoms with Crippen LogP contribution in [0, 0.1) is 18.8 Å². The van der Waals surface area contributed by atoms with Gasteiger partial charge in [0.2, 0.25) is 23.3 Å². The Balaban J connectivity index is 1.59. The molecule has 2 aromatic carbocycles. The van der Waals surface area contributed by atoms with E-state index in [1.807, 2.05) is 13.0 Å². The minimum absolute atomic E-state index is 0.0527. The van der Waals surface area contributed by atoms with Crippen molar-refractivity contribution in [1.29, 1.82) is 0 Å². The number of carbonyl (C=O) groups is 4. The van der Waals surface area contributed by atoms with Crippen LogP contribution in [0.2, 0.25) is 5.02 Å².